The highest BCUT2D eigenvalue weighted by molar-refractivity contribution is 5.74. The molecule has 0 spiro atoms. The first-order valence-corrected chi connectivity index (χ1v) is 3.14. The predicted octanol–water partition coefficient (Wildman–Crippen LogP) is 2.17. The number of hydrogen-bond donors (Lipinski definition) is 0. The Morgan fingerprint density at radius 1 is 1.40 bits per heavy atom. The van der Waals surface area contributed by atoms with Crippen LogP contribution in [0.3, 0.4) is 0 Å². The third-order valence-corrected chi connectivity index (χ3v) is 1.03. The molecule has 0 aromatic rings. The van der Waals surface area contributed by atoms with E-state index in [2.05, 4.69) is 13.2 Å². The maximum absolute atomic E-state index is 10.1. The van der Waals surface area contributed by atoms with Gasteiger partial charge in [-0.25, -0.2) is 0 Å². The maximum atomic E-state index is 10.1. The molecule has 1 nitrogen and oxygen atoms in total. The summed E-state index contributed by atoms with van der Waals surface area (Å²) in [5.41, 5.74) is 0.648. The van der Waals surface area contributed by atoms with Crippen molar-refractivity contribution in [3.63, 3.8) is 0 Å². The average Bonchev–Trinajstić information content (AvgIpc) is 1.98. The molecule has 0 amide bonds. The van der Waals surface area contributed by atoms with E-state index < -0.39 is 0 Å². The lowest BCUT2D eigenvalue weighted by molar-refractivity contribution is 0.561. The number of carbonyl (C=O) groups excluding carboxylic acids is 1. The summed E-state index contributed by atoms with van der Waals surface area (Å²) in [4.78, 5) is 10.1. The fourth-order valence-corrected chi connectivity index (χ4v) is 0.548. The Bertz CT molecular complexity index is 154. The van der Waals surface area contributed by atoms with E-state index in [4.69, 9.17) is 0 Å². The molecule has 0 atom stereocenters. The molecule has 1 heteroatoms. The van der Waals surface area contributed by atoms with E-state index in [1.54, 1.807) is 18.2 Å². The minimum absolute atomic E-state index is 0.595. The SMILES string of the molecule is C=CCC=C([C]=O)CC=C. The van der Waals surface area contributed by atoms with Crippen molar-refractivity contribution < 1.29 is 4.79 Å². The van der Waals surface area contributed by atoms with Gasteiger partial charge in [0.15, 0.2) is 0 Å². The molecule has 0 fully saturated rings. The van der Waals surface area contributed by atoms with Crippen LogP contribution < -0.4 is 0 Å². The number of allylic oxidation sites excluding steroid dienone is 4. The zero-order valence-electron chi connectivity index (χ0n) is 5.97. The van der Waals surface area contributed by atoms with Crippen molar-refractivity contribution in [2.75, 3.05) is 0 Å². The Morgan fingerprint density at radius 2 is 2.10 bits per heavy atom. The van der Waals surface area contributed by atoms with E-state index in [-0.39, 0.29) is 0 Å². The zero-order chi connectivity index (χ0) is 7.82. The molecule has 0 aromatic carbocycles. The summed E-state index contributed by atoms with van der Waals surface area (Å²) in [5, 5.41) is 0. The van der Waals surface area contributed by atoms with Gasteiger partial charge in [0.05, 0.1) is 0 Å². The van der Waals surface area contributed by atoms with Crippen molar-refractivity contribution >= 4 is 6.29 Å². The lowest BCUT2D eigenvalue weighted by Crippen LogP contribution is -1.80. The highest BCUT2D eigenvalue weighted by Gasteiger charge is 1.89. The minimum Gasteiger partial charge on any atom is -0.285 e. The molecule has 0 N–H and O–H groups in total. The molecule has 0 aliphatic carbocycles. The molecule has 53 valence electrons. The van der Waals surface area contributed by atoms with Crippen molar-refractivity contribution in [3.8, 4) is 0 Å². The summed E-state index contributed by atoms with van der Waals surface area (Å²) >= 11 is 0. The van der Waals surface area contributed by atoms with Crippen molar-refractivity contribution in [1.29, 1.82) is 0 Å². The molecule has 10 heavy (non-hydrogen) atoms. The van der Waals surface area contributed by atoms with E-state index in [9.17, 15) is 4.79 Å². The van der Waals surface area contributed by atoms with Crippen molar-refractivity contribution in [2.45, 2.75) is 12.8 Å². The third kappa shape index (κ3) is 3.84. The fraction of sp³-hybridized carbons (Fsp3) is 0.222. The van der Waals surface area contributed by atoms with E-state index in [1.807, 2.05) is 6.29 Å². The Hall–Kier alpha value is -1.11. The molecule has 1 radical (unpaired) electrons. The van der Waals surface area contributed by atoms with E-state index in [0.717, 1.165) is 6.42 Å². The Kier molecular flexibility index (Phi) is 5.35. The lowest BCUT2D eigenvalue weighted by Gasteiger charge is -1.88. The van der Waals surface area contributed by atoms with Gasteiger partial charge in [-0.2, -0.15) is 0 Å². The Labute approximate surface area is 61.8 Å². The smallest absolute Gasteiger partial charge is 0.229 e. The second-order valence-electron chi connectivity index (χ2n) is 1.85. The predicted molar refractivity (Wildman–Crippen MR) is 43.4 cm³/mol. The van der Waals surface area contributed by atoms with E-state index >= 15 is 0 Å². The lowest BCUT2D eigenvalue weighted by atomic mass is 10.2. The molecule has 0 rings (SSSR count). The molecule has 0 aliphatic heterocycles. The summed E-state index contributed by atoms with van der Waals surface area (Å²) in [5.74, 6) is 0. The number of rotatable bonds is 5. The molecule has 0 heterocycles. The van der Waals surface area contributed by atoms with Crippen LogP contribution in [0.4, 0.5) is 0 Å². The normalized spacial score (nSPS) is 10.6. The largest absolute Gasteiger partial charge is 0.285 e. The summed E-state index contributed by atoms with van der Waals surface area (Å²) in [6.45, 7) is 7.04. The van der Waals surface area contributed by atoms with Crippen molar-refractivity contribution in [1.82, 2.24) is 0 Å². The van der Waals surface area contributed by atoms with Gasteiger partial charge in [-0.1, -0.05) is 18.2 Å². The first-order valence-electron chi connectivity index (χ1n) is 3.14. The number of hydrogen-bond acceptors (Lipinski definition) is 1. The maximum Gasteiger partial charge on any atom is 0.229 e. The van der Waals surface area contributed by atoms with Crippen molar-refractivity contribution in [2.24, 2.45) is 0 Å². The van der Waals surface area contributed by atoms with Crippen LogP contribution >= 0.6 is 0 Å². The zero-order valence-corrected chi connectivity index (χ0v) is 5.97. The monoisotopic (exact) mass is 135 g/mol. The van der Waals surface area contributed by atoms with Crippen LogP contribution in [0.1, 0.15) is 12.8 Å². The quantitative estimate of drug-likeness (QED) is 0.417. The Balaban J connectivity index is 3.88. The van der Waals surface area contributed by atoms with Gasteiger partial charge in [0, 0.05) is 5.57 Å². The average molecular weight is 135 g/mol. The van der Waals surface area contributed by atoms with Crippen LogP contribution in [0.2, 0.25) is 0 Å². The molecular formula is C9H11O. The van der Waals surface area contributed by atoms with Gasteiger partial charge in [-0.3, -0.25) is 4.79 Å². The fourth-order valence-electron chi connectivity index (χ4n) is 0.548. The second kappa shape index (κ2) is 6.02. The van der Waals surface area contributed by atoms with Gasteiger partial charge in [0.1, 0.15) is 0 Å². The topological polar surface area (TPSA) is 17.1 Å². The first-order chi connectivity index (χ1) is 4.85. The van der Waals surface area contributed by atoms with Crippen LogP contribution in [0, 0.1) is 0 Å². The molecule has 0 aromatic heterocycles. The van der Waals surface area contributed by atoms with E-state index in [1.165, 1.54) is 0 Å². The summed E-state index contributed by atoms with van der Waals surface area (Å²) in [6.07, 6.45) is 8.36. The standard InChI is InChI=1S/C9H11O/c1-3-5-7-9(8-10)6-4-2/h3-4,7H,1-2,5-6H2. The minimum atomic E-state index is 0.595. The first kappa shape index (κ1) is 8.89. The summed E-state index contributed by atoms with van der Waals surface area (Å²) in [6, 6.07) is 0. The molecule has 0 aliphatic rings. The van der Waals surface area contributed by atoms with Gasteiger partial charge < -0.3 is 0 Å². The van der Waals surface area contributed by atoms with E-state index in [0.29, 0.717) is 12.0 Å². The Morgan fingerprint density at radius 3 is 2.50 bits per heavy atom. The van der Waals surface area contributed by atoms with Gasteiger partial charge in [0.2, 0.25) is 6.29 Å². The van der Waals surface area contributed by atoms with Gasteiger partial charge in [-0.05, 0) is 12.8 Å². The van der Waals surface area contributed by atoms with Crippen LogP contribution in [-0.2, 0) is 4.79 Å². The van der Waals surface area contributed by atoms with Gasteiger partial charge in [0.25, 0.3) is 0 Å². The molecular weight excluding hydrogens is 124 g/mol. The summed E-state index contributed by atoms with van der Waals surface area (Å²) < 4.78 is 0. The molecule has 0 saturated carbocycles. The molecule has 0 bridgehead atoms. The highest BCUT2D eigenvalue weighted by atomic mass is 16.1. The second-order valence-corrected chi connectivity index (χ2v) is 1.85. The van der Waals surface area contributed by atoms with Gasteiger partial charge in [-0.15, -0.1) is 13.2 Å². The summed E-state index contributed by atoms with van der Waals surface area (Å²) in [7, 11) is 0. The van der Waals surface area contributed by atoms with Crippen molar-refractivity contribution in [3.05, 3.63) is 37.0 Å². The third-order valence-electron chi connectivity index (χ3n) is 1.03. The van der Waals surface area contributed by atoms with Crippen LogP contribution in [0.25, 0.3) is 0 Å². The van der Waals surface area contributed by atoms with Gasteiger partial charge >= 0.3 is 0 Å². The molecule has 0 saturated heterocycles. The highest BCUT2D eigenvalue weighted by Crippen LogP contribution is 1.99. The van der Waals surface area contributed by atoms with Crippen LogP contribution in [0.15, 0.2) is 37.0 Å². The molecule has 0 unspecified atom stereocenters. The van der Waals surface area contributed by atoms with Crippen LogP contribution in [0.5, 0.6) is 0 Å². The van der Waals surface area contributed by atoms with Crippen LogP contribution in [-0.4, -0.2) is 6.29 Å².